The molecule has 0 unspecified atom stereocenters. The van der Waals surface area contributed by atoms with Crippen LogP contribution in [0, 0.1) is 0 Å². The Kier molecular flexibility index (Phi) is 28.2. The minimum absolute atomic E-state index is 0. The number of hydrogen-bond donors (Lipinski definition) is 0. The van der Waals surface area contributed by atoms with E-state index < -0.39 is 0 Å². The van der Waals surface area contributed by atoms with Gasteiger partial charge in [-0.3, -0.25) is 0 Å². The number of allylic oxidation sites excluding steroid dienone is 1. The van der Waals surface area contributed by atoms with E-state index in [1.807, 2.05) is 6.08 Å². The molecular weight excluding hydrogens is 250 g/mol. The van der Waals surface area contributed by atoms with Crippen molar-refractivity contribution in [1.82, 2.24) is 0 Å². The van der Waals surface area contributed by atoms with Gasteiger partial charge in [-0.2, -0.15) is 13.5 Å². The fourth-order valence-electron chi connectivity index (χ4n) is 0.715. The molecule has 0 radical (unpaired) electrons. The molecule has 0 nitrogen and oxygen atoms in total. The van der Waals surface area contributed by atoms with Gasteiger partial charge < -0.3 is 0 Å². The fourth-order valence-corrected chi connectivity index (χ4v) is 0.715. The van der Waals surface area contributed by atoms with E-state index in [1.165, 1.54) is 32.1 Å². The Bertz CT molecular complexity index is 55.2. The molecule has 64 valence electrons. The second kappa shape index (κ2) is 16.5. The van der Waals surface area contributed by atoms with Gasteiger partial charge in [-0.05, 0) is 12.8 Å². The molecule has 0 bridgehead atoms. The zero-order valence-electron chi connectivity index (χ0n) is 7.03. The first kappa shape index (κ1) is 17.1. The third-order valence-electron chi connectivity index (χ3n) is 1.26. The first-order chi connectivity index (χ1) is 3.91. The third kappa shape index (κ3) is 16.0. The van der Waals surface area contributed by atoms with Crippen LogP contribution in [0.15, 0.2) is 12.7 Å². The molecule has 0 aromatic rings. The molecule has 0 saturated carbocycles. The first-order valence-electron chi connectivity index (χ1n) is 3.52. The van der Waals surface area contributed by atoms with Crippen molar-refractivity contribution in [3.63, 3.8) is 0 Å². The number of unbranched alkanes of at least 4 members (excludes halogenated alkanes) is 4. The van der Waals surface area contributed by atoms with Crippen molar-refractivity contribution in [3.05, 3.63) is 12.7 Å². The summed E-state index contributed by atoms with van der Waals surface area (Å²) in [5.74, 6) is 0. The summed E-state index contributed by atoms with van der Waals surface area (Å²) in [5.41, 5.74) is 0. The van der Waals surface area contributed by atoms with E-state index in [0.717, 1.165) is 0 Å². The molecule has 0 spiro atoms. The molecule has 0 aliphatic heterocycles. The van der Waals surface area contributed by atoms with Crippen LogP contribution in [-0.2, 0) is 0 Å². The zero-order valence-corrected chi connectivity index (χ0v) is 12.1. The topological polar surface area (TPSA) is 0 Å². The van der Waals surface area contributed by atoms with Crippen LogP contribution in [-0.4, -0.2) is 24.4 Å². The number of rotatable bonds is 5. The Morgan fingerprint density at radius 3 is 2.20 bits per heavy atom. The van der Waals surface area contributed by atoms with Gasteiger partial charge in [0.15, 0.2) is 0 Å². The van der Waals surface area contributed by atoms with E-state index in [2.05, 4.69) is 13.5 Å². The Morgan fingerprint density at radius 2 is 1.80 bits per heavy atom. The van der Waals surface area contributed by atoms with Gasteiger partial charge in [0.1, 0.15) is 0 Å². The maximum absolute atomic E-state index is 3.66. The van der Waals surface area contributed by atoms with Crippen molar-refractivity contribution < 1.29 is 0 Å². The van der Waals surface area contributed by atoms with Crippen molar-refractivity contribution in [3.8, 4) is 0 Å². The van der Waals surface area contributed by atoms with Gasteiger partial charge in [0.05, 0.1) is 0 Å². The molecule has 0 heterocycles. The van der Waals surface area contributed by atoms with Gasteiger partial charge in [0.2, 0.25) is 0 Å². The summed E-state index contributed by atoms with van der Waals surface area (Å²) in [6.45, 7) is 5.89. The van der Waals surface area contributed by atoms with Crippen molar-refractivity contribution in [2.24, 2.45) is 0 Å². The van der Waals surface area contributed by atoms with E-state index in [1.54, 1.807) is 0 Å². The van der Waals surface area contributed by atoms with Crippen molar-refractivity contribution in [2.45, 2.75) is 39.0 Å². The Hall–Kier alpha value is 0.908. The molecule has 0 N–H and O–H groups in total. The molecule has 0 amide bonds. The molecule has 0 aliphatic rings. The van der Waals surface area contributed by atoms with Crippen LogP contribution in [0.4, 0.5) is 0 Å². The maximum atomic E-state index is 3.66. The molecule has 10 heavy (non-hydrogen) atoms. The molecule has 0 aliphatic carbocycles. The third-order valence-corrected chi connectivity index (χ3v) is 1.26. The zero-order chi connectivity index (χ0) is 6.24. The van der Waals surface area contributed by atoms with E-state index >= 15 is 0 Å². The van der Waals surface area contributed by atoms with Crippen LogP contribution in [0.3, 0.4) is 0 Å². The molecule has 0 atom stereocenters. The normalized spacial score (nSPS) is 7.30. The average Bonchev–Trinajstić information content (AvgIpc) is 1.81. The van der Waals surface area contributed by atoms with Crippen LogP contribution < -0.4 is 0 Å². The van der Waals surface area contributed by atoms with Gasteiger partial charge in [-0.1, -0.05) is 32.3 Å². The summed E-state index contributed by atoms with van der Waals surface area (Å²) < 4.78 is 0. The van der Waals surface area contributed by atoms with Gasteiger partial charge in [-0.15, -0.1) is 6.58 Å². The van der Waals surface area contributed by atoms with Gasteiger partial charge in [0, 0.05) is 0 Å². The Morgan fingerprint density at radius 1 is 1.20 bits per heavy atom. The molecule has 0 rings (SSSR count). The molecular formula is C8H21SSb. The van der Waals surface area contributed by atoms with Gasteiger partial charge in [-0.25, -0.2) is 0 Å². The Labute approximate surface area is 89.4 Å². The van der Waals surface area contributed by atoms with Crippen LogP contribution in [0.1, 0.15) is 39.0 Å². The van der Waals surface area contributed by atoms with E-state index in [-0.39, 0.29) is 37.9 Å². The number of hydrogen-bond acceptors (Lipinski definition) is 0. The van der Waals surface area contributed by atoms with Crippen molar-refractivity contribution in [1.29, 1.82) is 0 Å². The summed E-state index contributed by atoms with van der Waals surface area (Å²) in [6.07, 6.45) is 8.61. The summed E-state index contributed by atoms with van der Waals surface area (Å²) in [4.78, 5) is 0. The average molecular weight is 271 g/mol. The fraction of sp³-hybridized carbons (Fsp3) is 0.750. The van der Waals surface area contributed by atoms with Gasteiger partial charge in [0.25, 0.3) is 0 Å². The predicted molar refractivity (Wildman–Crippen MR) is 59.3 cm³/mol. The molecule has 0 fully saturated rings. The van der Waals surface area contributed by atoms with Crippen molar-refractivity contribution in [2.75, 3.05) is 0 Å². The van der Waals surface area contributed by atoms with Crippen LogP contribution in [0.2, 0.25) is 0 Å². The van der Waals surface area contributed by atoms with Crippen molar-refractivity contribution >= 4 is 37.9 Å². The minimum atomic E-state index is 0. The SMILES string of the molecule is C=CCCCCCC.S.[SbH3]. The summed E-state index contributed by atoms with van der Waals surface area (Å²) in [6, 6.07) is 0. The van der Waals surface area contributed by atoms with Gasteiger partial charge >= 0.3 is 24.4 Å². The molecule has 2 heteroatoms. The van der Waals surface area contributed by atoms with Crippen LogP contribution in [0.5, 0.6) is 0 Å². The second-order valence-electron chi connectivity index (χ2n) is 2.14. The molecule has 0 aromatic heterocycles. The van der Waals surface area contributed by atoms with E-state index in [9.17, 15) is 0 Å². The first-order valence-corrected chi connectivity index (χ1v) is 3.52. The monoisotopic (exact) mass is 270 g/mol. The standard InChI is InChI=1S/C8H16.H2S.Sb.3H/c1-3-5-7-8-6-4-2;;;;;/h3H,1,4-8H2,2H3;1H2;;;;. The molecule has 0 saturated heterocycles. The quantitative estimate of drug-likeness (QED) is 0.408. The second-order valence-corrected chi connectivity index (χ2v) is 2.14. The molecule has 0 aromatic carbocycles. The summed E-state index contributed by atoms with van der Waals surface area (Å²) in [5, 5.41) is 0. The van der Waals surface area contributed by atoms with E-state index in [0.29, 0.717) is 0 Å². The van der Waals surface area contributed by atoms with Crippen LogP contribution in [0.25, 0.3) is 0 Å². The Balaban J connectivity index is -0.000000245. The van der Waals surface area contributed by atoms with Crippen LogP contribution >= 0.6 is 13.5 Å². The predicted octanol–water partition coefficient (Wildman–Crippen LogP) is 2.07. The summed E-state index contributed by atoms with van der Waals surface area (Å²) in [7, 11) is 0. The van der Waals surface area contributed by atoms with E-state index in [4.69, 9.17) is 0 Å². The summed E-state index contributed by atoms with van der Waals surface area (Å²) >= 11 is 0.